The first-order valence-corrected chi connectivity index (χ1v) is 18.3. The molecule has 49 heavy (non-hydrogen) atoms. The van der Waals surface area contributed by atoms with Crippen molar-refractivity contribution in [2.45, 2.75) is 108 Å². The van der Waals surface area contributed by atoms with Crippen LogP contribution in [0.5, 0.6) is 5.75 Å². The second kappa shape index (κ2) is 16.4. The molecule has 0 spiro atoms. The van der Waals surface area contributed by atoms with Crippen LogP contribution in [-0.4, -0.2) is 79.9 Å². The van der Waals surface area contributed by atoms with Gasteiger partial charge in [-0.3, -0.25) is 14.1 Å². The number of nitrogens with one attached hydrogen (secondary N) is 1. The molecule has 2 aliphatic rings. The van der Waals surface area contributed by atoms with Crippen LogP contribution in [0.1, 0.15) is 83.4 Å². The van der Waals surface area contributed by atoms with Crippen molar-refractivity contribution in [3.05, 3.63) is 54.5 Å². The number of nitrogens with two attached hydrogens (primary N) is 1. The summed E-state index contributed by atoms with van der Waals surface area (Å²) in [5.74, 6) is -0.819. The maximum absolute atomic E-state index is 14.5. The fraction of sp³-hybridized carbons (Fsp3) is 0.576. The molecule has 268 valence electrons. The number of hydrogen-bond donors (Lipinski definition) is 4. The second-order valence-electron chi connectivity index (χ2n) is 12.7. The maximum atomic E-state index is 14.5. The summed E-state index contributed by atoms with van der Waals surface area (Å²) in [6.45, 7) is 3.19. The molecule has 3 aromatic rings. The molecule has 1 unspecified atom stereocenters. The first-order valence-electron chi connectivity index (χ1n) is 16.8. The third kappa shape index (κ3) is 9.15. The number of carbonyl (C=O) groups is 2. The minimum absolute atomic E-state index is 0.106. The van der Waals surface area contributed by atoms with E-state index in [1.54, 1.807) is 42.5 Å². The van der Waals surface area contributed by atoms with Crippen LogP contribution in [-0.2, 0) is 32.9 Å². The van der Waals surface area contributed by atoms with Gasteiger partial charge >= 0.3 is 19.7 Å². The number of unbranched alkanes of at least 4 members (excludes halogenated alkanes) is 1. The second-order valence-corrected chi connectivity index (χ2v) is 14.3. The van der Waals surface area contributed by atoms with E-state index in [0.29, 0.717) is 30.5 Å². The summed E-state index contributed by atoms with van der Waals surface area (Å²) in [6, 6.07) is 10.3. The molecule has 1 aliphatic carbocycles. The van der Waals surface area contributed by atoms with E-state index in [1.165, 1.54) is 17.8 Å². The van der Waals surface area contributed by atoms with Crippen molar-refractivity contribution in [3.63, 3.8) is 0 Å². The molecule has 5 rings (SSSR count). The Morgan fingerprint density at radius 2 is 1.92 bits per heavy atom. The van der Waals surface area contributed by atoms with Gasteiger partial charge < -0.3 is 34.7 Å². The van der Waals surface area contributed by atoms with Crippen LogP contribution in [0.3, 0.4) is 0 Å². The highest BCUT2D eigenvalue weighted by Gasteiger charge is 2.54. The summed E-state index contributed by atoms with van der Waals surface area (Å²) >= 11 is 0. The summed E-state index contributed by atoms with van der Waals surface area (Å²) < 4.78 is 45.0. The van der Waals surface area contributed by atoms with Crippen LogP contribution in [0.15, 0.2) is 48.8 Å². The molecule has 1 aliphatic heterocycles. The highest BCUT2D eigenvalue weighted by molar-refractivity contribution is 7.52. The summed E-state index contributed by atoms with van der Waals surface area (Å²) in [6.07, 6.45) is 2.56. The van der Waals surface area contributed by atoms with Gasteiger partial charge in [0.1, 0.15) is 53.7 Å². The number of fused-ring (bicyclic) bond motifs is 1. The summed E-state index contributed by atoms with van der Waals surface area (Å²) in [7, 11) is -4.48. The summed E-state index contributed by atoms with van der Waals surface area (Å²) in [5.41, 5.74) is 5.24. The highest BCUT2D eigenvalue weighted by Crippen LogP contribution is 2.49. The molecule has 3 heterocycles. The average molecular weight is 704 g/mol. The topological polar surface area (TPSA) is 206 Å². The van der Waals surface area contributed by atoms with Gasteiger partial charge in [-0.2, -0.15) is 10.2 Å². The largest absolute Gasteiger partial charge is 0.466 e. The van der Waals surface area contributed by atoms with Crippen LogP contribution < -0.4 is 15.3 Å². The normalized spacial score (nSPS) is 24.7. The Labute approximate surface area is 285 Å². The fourth-order valence-corrected chi connectivity index (χ4v) is 7.56. The van der Waals surface area contributed by atoms with E-state index in [1.807, 2.05) is 6.92 Å². The summed E-state index contributed by atoms with van der Waals surface area (Å²) in [4.78, 5) is 30.0. The van der Waals surface area contributed by atoms with Crippen molar-refractivity contribution in [2.24, 2.45) is 0 Å². The van der Waals surface area contributed by atoms with Crippen molar-refractivity contribution >= 4 is 31.0 Å². The van der Waals surface area contributed by atoms with Gasteiger partial charge in [0.2, 0.25) is 0 Å². The Kier molecular flexibility index (Phi) is 12.3. The molecule has 0 bridgehead atoms. The smallest absolute Gasteiger partial charge is 0.459 e. The molecule has 16 heteroatoms. The first-order chi connectivity index (χ1) is 23.5. The van der Waals surface area contributed by atoms with Gasteiger partial charge in [-0.1, -0.05) is 38.0 Å². The van der Waals surface area contributed by atoms with E-state index in [2.05, 4.69) is 15.2 Å². The third-order valence-electron chi connectivity index (χ3n) is 8.78. The number of rotatable bonds is 16. The van der Waals surface area contributed by atoms with Crippen LogP contribution in [0.25, 0.3) is 5.52 Å². The van der Waals surface area contributed by atoms with E-state index in [9.17, 15) is 24.4 Å². The van der Waals surface area contributed by atoms with E-state index < -0.39 is 56.2 Å². The number of anilines is 1. The molecular weight excluding hydrogens is 657 g/mol. The lowest BCUT2D eigenvalue weighted by atomic mass is 9.97. The van der Waals surface area contributed by atoms with Gasteiger partial charge in [0.15, 0.2) is 5.82 Å². The molecule has 15 nitrogen and oxygen atoms in total. The zero-order valence-corrected chi connectivity index (χ0v) is 28.7. The quantitative estimate of drug-likeness (QED) is 0.0945. The van der Waals surface area contributed by atoms with Crippen molar-refractivity contribution in [2.75, 3.05) is 18.9 Å². The molecule has 2 aromatic heterocycles. The Morgan fingerprint density at radius 1 is 1.16 bits per heavy atom. The molecule has 1 aromatic carbocycles. The number of ether oxygens (including phenoxy) is 3. The van der Waals surface area contributed by atoms with Gasteiger partial charge in [0.05, 0.1) is 18.9 Å². The summed E-state index contributed by atoms with van der Waals surface area (Å²) in [5, 5.41) is 29.2. The van der Waals surface area contributed by atoms with Crippen molar-refractivity contribution < 1.29 is 47.6 Å². The average Bonchev–Trinajstić information content (AvgIpc) is 3.62. The number of carbonyl (C=O) groups excluding carboxylic acids is 2. The number of aliphatic hydroxyl groups is 2. The molecule has 1 saturated carbocycles. The fourth-order valence-electron chi connectivity index (χ4n) is 5.94. The van der Waals surface area contributed by atoms with Gasteiger partial charge in [-0.25, -0.2) is 14.1 Å². The van der Waals surface area contributed by atoms with Gasteiger partial charge in [-0.15, -0.1) is 0 Å². The molecule has 6 atom stereocenters. The van der Waals surface area contributed by atoms with E-state index >= 15 is 0 Å². The van der Waals surface area contributed by atoms with Crippen LogP contribution >= 0.6 is 7.75 Å². The van der Waals surface area contributed by atoms with Gasteiger partial charge in [0, 0.05) is 6.42 Å². The number of aromatic nitrogens is 3. The van der Waals surface area contributed by atoms with Crippen molar-refractivity contribution in [3.8, 4) is 5.75 Å². The van der Waals surface area contributed by atoms with Crippen molar-refractivity contribution in [1.82, 2.24) is 19.7 Å². The number of nitrogen functional groups attached to an aromatic ring is 1. The van der Waals surface area contributed by atoms with Crippen LogP contribution in [0.4, 0.5) is 5.82 Å². The molecule has 2 fully saturated rings. The number of nitrogens with zero attached hydrogens (tertiary/aromatic N) is 3. The number of benzene rings is 1. The van der Waals surface area contributed by atoms with E-state index in [0.717, 1.165) is 25.7 Å². The molecular formula is C33H46N5O10P. The Morgan fingerprint density at radius 3 is 2.65 bits per heavy atom. The van der Waals surface area contributed by atoms with E-state index in [-0.39, 0.29) is 37.1 Å². The minimum atomic E-state index is -4.48. The van der Waals surface area contributed by atoms with Gasteiger partial charge in [-0.05, 0) is 69.7 Å². The Balaban J connectivity index is 1.36. The lowest BCUT2D eigenvalue weighted by Crippen LogP contribution is -2.45. The lowest BCUT2D eigenvalue weighted by Gasteiger charge is -2.31. The zero-order chi connectivity index (χ0) is 35.0. The van der Waals surface area contributed by atoms with Gasteiger partial charge in [0.25, 0.3) is 0 Å². The molecule has 0 radical (unpaired) electrons. The molecule has 0 amide bonds. The highest BCUT2D eigenvalue weighted by atomic mass is 31.2. The van der Waals surface area contributed by atoms with Crippen LogP contribution in [0.2, 0.25) is 0 Å². The number of hydrogen-bond acceptors (Lipinski definition) is 13. The zero-order valence-electron chi connectivity index (χ0n) is 27.8. The standard InChI is InChI=1S/C33H46N5O10P/c1-3-4-19-44-27(39)18-15-24(32(42)46-22-11-7-5-8-12-22)37-49(43,48-23-13-9-6-10-14-23)45-20-33(2)30(41)28(40)29(47-33)25-16-17-26-31(34)35-21-36-38(25)26/h6,9-10,13-14,16-17,21-22,24,28-30,40-41H,3-5,7-8,11-12,15,18-20H2,1-2H3,(H,37,43)(H2,34,35,36)/t24-,28-,29-,30-,33+,49?/m0/s1. The first kappa shape index (κ1) is 36.7. The Hall–Kier alpha value is -3.59. The lowest BCUT2D eigenvalue weighted by molar-refractivity contribution is -0.153. The number of aliphatic hydroxyl groups excluding tert-OH is 2. The predicted octanol–water partition coefficient (Wildman–Crippen LogP) is 4.02. The molecule has 5 N–H and O–H groups in total. The predicted molar refractivity (Wildman–Crippen MR) is 177 cm³/mol. The number of para-hydroxylation sites is 1. The monoisotopic (exact) mass is 703 g/mol. The number of esters is 2. The third-order valence-corrected chi connectivity index (χ3v) is 10.3. The van der Waals surface area contributed by atoms with Crippen molar-refractivity contribution in [1.29, 1.82) is 0 Å². The minimum Gasteiger partial charge on any atom is -0.466 e. The SMILES string of the molecule is CCCCOC(=O)CC[C@H](NP(=O)(OC[C@@]1(C)O[C@@H](c2ccc3c(N)ncnn23)[C@H](O)[C@@H]1O)Oc1ccccc1)C(=O)OC1CCCCC1. The van der Waals surface area contributed by atoms with Crippen LogP contribution in [0, 0.1) is 0 Å². The molecule has 1 saturated heterocycles. The van der Waals surface area contributed by atoms with E-state index in [4.69, 9.17) is 29.0 Å². The maximum Gasteiger partial charge on any atom is 0.459 e. The Bertz CT molecular complexity index is 1600.